The molecule has 0 bridgehead atoms. The number of rotatable bonds is 2. The van der Waals surface area contributed by atoms with Gasteiger partial charge in [-0.2, -0.15) is 0 Å². The quantitative estimate of drug-likeness (QED) is 0.858. The first-order chi connectivity index (χ1) is 8.11. The van der Waals surface area contributed by atoms with E-state index in [4.69, 9.17) is 17.3 Å². The van der Waals surface area contributed by atoms with Crippen LogP contribution in [0.5, 0.6) is 0 Å². The second-order valence-electron chi connectivity index (χ2n) is 3.98. The summed E-state index contributed by atoms with van der Waals surface area (Å²) in [5.41, 5.74) is 9.59. The third-order valence-electron chi connectivity index (χ3n) is 2.75. The molecule has 3 heteroatoms. The molecule has 2 aromatic rings. The van der Waals surface area contributed by atoms with E-state index in [9.17, 15) is 4.39 Å². The monoisotopic (exact) mass is 249 g/mol. The van der Waals surface area contributed by atoms with Gasteiger partial charge in [-0.15, -0.1) is 0 Å². The van der Waals surface area contributed by atoms with Gasteiger partial charge in [-0.25, -0.2) is 4.39 Å². The molecule has 0 saturated carbocycles. The van der Waals surface area contributed by atoms with E-state index in [0.717, 1.165) is 22.3 Å². The molecule has 0 aliphatic heterocycles. The van der Waals surface area contributed by atoms with Crippen molar-refractivity contribution in [2.75, 3.05) is 0 Å². The molecule has 0 unspecified atom stereocenters. The summed E-state index contributed by atoms with van der Waals surface area (Å²) in [5, 5.41) is 0.425. The molecule has 88 valence electrons. The van der Waals surface area contributed by atoms with Crippen molar-refractivity contribution in [3.05, 3.63) is 58.4 Å². The van der Waals surface area contributed by atoms with Crippen molar-refractivity contribution in [2.45, 2.75) is 13.5 Å². The molecule has 1 nitrogen and oxygen atoms in total. The molecule has 0 aliphatic rings. The van der Waals surface area contributed by atoms with E-state index in [0.29, 0.717) is 11.6 Å². The zero-order valence-electron chi connectivity index (χ0n) is 9.50. The molecule has 0 aliphatic carbocycles. The Bertz CT molecular complexity index is 552. The summed E-state index contributed by atoms with van der Waals surface area (Å²) >= 11 is 6.04. The van der Waals surface area contributed by atoms with Crippen LogP contribution in [0.3, 0.4) is 0 Å². The van der Waals surface area contributed by atoms with E-state index < -0.39 is 0 Å². The van der Waals surface area contributed by atoms with Gasteiger partial charge in [0.15, 0.2) is 0 Å². The van der Waals surface area contributed by atoms with Gasteiger partial charge in [-0.1, -0.05) is 29.8 Å². The van der Waals surface area contributed by atoms with E-state index in [1.54, 1.807) is 6.07 Å². The average Bonchev–Trinajstić information content (AvgIpc) is 2.30. The van der Waals surface area contributed by atoms with E-state index in [-0.39, 0.29) is 5.82 Å². The lowest BCUT2D eigenvalue weighted by atomic mass is 9.98. The summed E-state index contributed by atoms with van der Waals surface area (Å²) < 4.78 is 13.0. The Labute approximate surface area is 105 Å². The van der Waals surface area contributed by atoms with Crippen LogP contribution in [-0.2, 0) is 6.54 Å². The fraction of sp³-hybridized carbons (Fsp3) is 0.143. The van der Waals surface area contributed by atoms with Crippen LogP contribution in [0.1, 0.15) is 11.1 Å². The molecule has 2 aromatic carbocycles. The van der Waals surface area contributed by atoms with Gasteiger partial charge in [-0.05, 0) is 41.8 Å². The van der Waals surface area contributed by atoms with Gasteiger partial charge in [0.05, 0.1) is 5.02 Å². The van der Waals surface area contributed by atoms with Crippen molar-refractivity contribution >= 4 is 11.6 Å². The third-order valence-corrected chi connectivity index (χ3v) is 3.06. The molecule has 0 amide bonds. The van der Waals surface area contributed by atoms with Gasteiger partial charge in [0.2, 0.25) is 0 Å². The van der Waals surface area contributed by atoms with Crippen LogP contribution in [0.15, 0.2) is 36.4 Å². The van der Waals surface area contributed by atoms with Crippen LogP contribution in [0.2, 0.25) is 5.02 Å². The number of hydrogen-bond donors (Lipinski definition) is 1. The van der Waals surface area contributed by atoms with Gasteiger partial charge >= 0.3 is 0 Å². The van der Waals surface area contributed by atoms with Gasteiger partial charge in [0.1, 0.15) is 5.82 Å². The zero-order valence-corrected chi connectivity index (χ0v) is 10.3. The van der Waals surface area contributed by atoms with E-state index in [2.05, 4.69) is 0 Å². The molecule has 0 radical (unpaired) electrons. The van der Waals surface area contributed by atoms with E-state index in [1.807, 2.05) is 25.1 Å². The highest BCUT2D eigenvalue weighted by atomic mass is 35.5. The lowest BCUT2D eigenvalue weighted by Gasteiger charge is -2.09. The Morgan fingerprint density at radius 2 is 1.82 bits per heavy atom. The summed E-state index contributed by atoms with van der Waals surface area (Å²) in [6.45, 7) is 2.51. The minimum atomic E-state index is -0.324. The average molecular weight is 250 g/mol. The molecule has 0 saturated heterocycles. The molecule has 0 atom stereocenters. The van der Waals surface area contributed by atoms with Gasteiger partial charge in [-0.3, -0.25) is 0 Å². The summed E-state index contributed by atoms with van der Waals surface area (Å²) in [6, 6.07) is 10.4. The Kier molecular flexibility index (Phi) is 3.46. The van der Waals surface area contributed by atoms with Crippen LogP contribution >= 0.6 is 11.6 Å². The van der Waals surface area contributed by atoms with Gasteiger partial charge in [0.25, 0.3) is 0 Å². The number of hydrogen-bond acceptors (Lipinski definition) is 1. The van der Waals surface area contributed by atoms with Crippen molar-refractivity contribution < 1.29 is 4.39 Å². The predicted octanol–water partition coefficient (Wildman–Crippen LogP) is 3.91. The number of nitrogens with two attached hydrogens (primary N) is 1. The number of benzene rings is 2. The highest BCUT2D eigenvalue weighted by Gasteiger charge is 2.07. The molecule has 2 rings (SSSR count). The van der Waals surface area contributed by atoms with Gasteiger partial charge in [0, 0.05) is 12.1 Å². The lowest BCUT2D eigenvalue weighted by Crippen LogP contribution is -1.97. The first kappa shape index (κ1) is 12.1. The van der Waals surface area contributed by atoms with Crippen molar-refractivity contribution in [2.24, 2.45) is 5.73 Å². The fourth-order valence-electron chi connectivity index (χ4n) is 1.86. The van der Waals surface area contributed by atoms with Crippen LogP contribution in [0.25, 0.3) is 11.1 Å². The standard InChI is InChI=1S/C14H13ClFN/c1-9-6-10(8-17)2-4-12(9)13-5-3-11(16)7-14(13)15/h2-7H,8,17H2,1H3. The Hall–Kier alpha value is -1.38. The van der Waals surface area contributed by atoms with Crippen LogP contribution in [0.4, 0.5) is 4.39 Å². The smallest absolute Gasteiger partial charge is 0.124 e. The van der Waals surface area contributed by atoms with Crippen molar-refractivity contribution in [1.82, 2.24) is 0 Å². The van der Waals surface area contributed by atoms with Crippen LogP contribution in [-0.4, -0.2) is 0 Å². The zero-order chi connectivity index (χ0) is 12.4. The third kappa shape index (κ3) is 2.48. The first-order valence-corrected chi connectivity index (χ1v) is 5.74. The maximum Gasteiger partial charge on any atom is 0.124 e. The van der Waals surface area contributed by atoms with Crippen LogP contribution < -0.4 is 5.73 Å². The first-order valence-electron chi connectivity index (χ1n) is 5.37. The van der Waals surface area contributed by atoms with Crippen molar-refractivity contribution in [3.63, 3.8) is 0 Å². The summed E-state index contributed by atoms with van der Waals surface area (Å²) in [6.07, 6.45) is 0. The summed E-state index contributed by atoms with van der Waals surface area (Å²) in [5.74, 6) is -0.324. The maximum atomic E-state index is 13.0. The fourth-order valence-corrected chi connectivity index (χ4v) is 2.13. The molecule has 0 aromatic heterocycles. The molecule has 0 fully saturated rings. The second-order valence-corrected chi connectivity index (χ2v) is 4.38. The minimum Gasteiger partial charge on any atom is -0.326 e. The highest BCUT2D eigenvalue weighted by Crippen LogP contribution is 2.31. The molecule has 17 heavy (non-hydrogen) atoms. The molecular formula is C14H13ClFN. The topological polar surface area (TPSA) is 26.0 Å². The molecular weight excluding hydrogens is 237 g/mol. The molecule has 0 heterocycles. The normalized spacial score (nSPS) is 10.6. The Morgan fingerprint density at radius 3 is 2.41 bits per heavy atom. The van der Waals surface area contributed by atoms with E-state index in [1.165, 1.54) is 12.1 Å². The maximum absolute atomic E-state index is 13.0. The Balaban J connectivity index is 2.53. The lowest BCUT2D eigenvalue weighted by molar-refractivity contribution is 0.628. The molecule has 0 spiro atoms. The van der Waals surface area contributed by atoms with Gasteiger partial charge < -0.3 is 5.73 Å². The van der Waals surface area contributed by atoms with E-state index >= 15 is 0 Å². The largest absolute Gasteiger partial charge is 0.326 e. The number of halogens is 2. The van der Waals surface area contributed by atoms with Crippen molar-refractivity contribution in [3.8, 4) is 11.1 Å². The molecule has 2 N–H and O–H groups in total. The predicted molar refractivity (Wildman–Crippen MR) is 69.5 cm³/mol. The second kappa shape index (κ2) is 4.86. The summed E-state index contributed by atoms with van der Waals surface area (Å²) in [7, 11) is 0. The number of aryl methyl sites for hydroxylation is 1. The Morgan fingerprint density at radius 1 is 1.12 bits per heavy atom. The summed E-state index contributed by atoms with van der Waals surface area (Å²) in [4.78, 5) is 0. The SMILES string of the molecule is Cc1cc(CN)ccc1-c1ccc(F)cc1Cl. The highest BCUT2D eigenvalue weighted by molar-refractivity contribution is 6.33. The van der Waals surface area contributed by atoms with Crippen molar-refractivity contribution in [1.29, 1.82) is 0 Å². The van der Waals surface area contributed by atoms with Crippen LogP contribution in [0, 0.1) is 12.7 Å². The minimum absolute atomic E-state index is 0.324.